The van der Waals surface area contributed by atoms with Crippen LogP contribution >= 0.6 is 11.6 Å². The van der Waals surface area contributed by atoms with Gasteiger partial charge in [0.2, 0.25) is 5.89 Å². The van der Waals surface area contributed by atoms with Crippen molar-refractivity contribution in [2.24, 2.45) is 0 Å². The van der Waals surface area contributed by atoms with Gasteiger partial charge in [-0.1, -0.05) is 30.7 Å². The molecule has 0 fully saturated rings. The average molecular weight is 437 g/mol. The summed E-state index contributed by atoms with van der Waals surface area (Å²) in [6.07, 6.45) is 0.918. The van der Waals surface area contributed by atoms with Crippen LogP contribution in [0.25, 0.3) is 22.6 Å². The summed E-state index contributed by atoms with van der Waals surface area (Å²) in [5.41, 5.74) is 4.07. The molecule has 6 nitrogen and oxygen atoms in total. The van der Waals surface area contributed by atoms with Gasteiger partial charge in [0.05, 0.1) is 24.9 Å². The van der Waals surface area contributed by atoms with E-state index in [-0.39, 0.29) is 5.56 Å². The maximum Gasteiger partial charge on any atom is 0.263 e. The Balaban J connectivity index is 1.69. The molecular formula is C24H21ClN2O4. The summed E-state index contributed by atoms with van der Waals surface area (Å²) in [7, 11) is 2.99. The van der Waals surface area contributed by atoms with Crippen molar-refractivity contribution in [1.82, 2.24) is 4.98 Å². The van der Waals surface area contributed by atoms with Crippen LogP contribution in [-0.4, -0.2) is 25.1 Å². The number of methoxy groups -OCH3 is 2. The number of aromatic nitrogens is 1. The van der Waals surface area contributed by atoms with Gasteiger partial charge >= 0.3 is 0 Å². The number of nitrogens with zero attached hydrogens (tertiary/aromatic N) is 1. The van der Waals surface area contributed by atoms with E-state index in [1.807, 2.05) is 18.2 Å². The zero-order valence-corrected chi connectivity index (χ0v) is 18.1. The Morgan fingerprint density at radius 1 is 1.06 bits per heavy atom. The zero-order valence-electron chi connectivity index (χ0n) is 17.4. The van der Waals surface area contributed by atoms with E-state index in [1.54, 1.807) is 36.4 Å². The second-order valence-corrected chi connectivity index (χ2v) is 7.27. The molecule has 3 aromatic carbocycles. The van der Waals surface area contributed by atoms with Gasteiger partial charge < -0.3 is 19.2 Å². The molecule has 0 radical (unpaired) electrons. The second-order valence-electron chi connectivity index (χ2n) is 6.86. The van der Waals surface area contributed by atoms with Gasteiger partial charge in [-0.15, -0.1) is 0 Å². The second kappa shape index (κ2) is 8.70. The number of hydrogen-bond acceptors (Lipinski definition) is 5. The van der Waals surface area contributed by atoms with Crippen molar-refractivity contribution in [2.75, 3.05) is 19.5 Å². The SMILES string of the molecule is CCc1ccc2oc(-c3ccc(Cl)c(NC(=O)c4c(OC)cccc4OC)c3)nc2c1. The molecule has 0 spiro atoms. The van der Waals surface area contributed by atoms with Crippen molar-refractivity contribution in [2.45, 2.75) is 13.3 Å². The lowest BCUT2D eigenvalue weighted by Gasteiger charge is -2.14. The molecule has 1 N–H and O–H groups in total. The molecule has 4 rings (SSSR count). The fraction of sp³-hybridized carbons (Fsp3) is 0.167. The van der Waals surface area contributed by atoms with Crippen LogP contribution in [0.4, 0.5) is 5.69 Å². The van der Waals surface area contributed by atoms with Crippen LogP contribution in [0, 0.1) is 0 Å². The van der Waals surface area contributed by atoms with Crippen LogP contribution in [0.15, 0.2) is 59.0 Å². The average Bonchev–Trinajstić information content (AvgIpc) is 3.23. The summed E-state index contributed by atoms with van der Waals surface area (Å²) < 4.78 is 16.6. The number of halogens is 1. The highest BCUT2D eigenvalue weighted by Gasteiger charge is 2.20. The number of amides is 1. The Labute approximate surface area is 184 Å². The van der Waals surface area contributed by atoms with Crippen molar-refractivity contribution < 1.29 is 18.7 Å². The lowest BCUT2D eigenvalue weighted by atomic mass is 10.1. The first-order valence-corrected chi connectivity index (χ1v) is 10.1. The molecule has 0 saturated carbocycles. The molecule has 1 heterocycles. The van der Waals surface area contributed by atoms with Gasteiger partial charge in [0.15, 0.2) is 5.58 Å². The highest BCUT2D eigenvalue weighted by atomic mass is 35.5. The highest BCUT2D eigenvalue weighted by Crippen LogP contribution is 2.33. The number of oxazole rings is 1. The summed E-state index contributed by atoms with van der Waals surface area (Å²) in [5, 5.41) is 3.22. The van der Waals surface area contributed by atoms with Gasteiger partial charge in [-0.25, -0.2) is 4.98 Å². The number of anilines is 1. The standard InChI is InChI=1S/C24H21ClN2O4/c1-4-14-8-11-19-18(12-14)27-24(31-19)15-9-10-16(25)17(13-15)26-23(28)22-20(29-2)6-5-7-21(22)30-3/h5-13H,4H2,1-3H3,(H,26,28). The largest absolute Gasteiger partial charge is 0.496 e. The number of nitrogens with one attached hydrogen (secondary N) is 1. The zero-order chi connectivity index (χ0) is 22.0. The highest BCUT2D eigenvalue weighted by molar-refractivity contribution is 6.34. The molecule has 0 aliphatic rings. The third-order valence-electron chi connectivity index (χ3n) is 4.98. The van der Waals surface area contributed by atoms with Gasteiger partial charge in [-0.05, 0) is 54.4 Å². The van der Waals surface area contributed by atoms with Crippen LogP contribution in [0.2, 0.25) is 5.02 Å². The van der Waals surface area contributed by atoms with Crippen LogP contribution in [0.3, 0.4) is 0 Å². The topological polar surface area (TPSA) is 73.6 Å². The van der Waals surface area contributed by atoms with E-state index in [1.165, 1.54) is 19.8 Å². The van der Waals surface area contributed by atoms with Crippen LogP contribution in [0.5, 0.6) is 11.5 Å². The van der Waals surface area contributed by atoms with Crippen molar-refractivity contribution in [3.8, 4) is 23.0 Å². The molecule has 0 bridgehead atoms. The van der Waals surface area contributed by atoms with Gasteiger partial charge in [-0.2, -0.15) is 0 Å². The quantitative estimate of drug-likeness (QED) is 0.402. The first-order valence-electron chi connectivity index (χ1n) is 9.75. The van der Waals surface area contributed by atoms with Crippen molar-refractivity contribution >= 4 is 34.3 Å². The monoisotopic (exact) mass is 436 g/mol. The van der Waals surface area contributed by atoms with Crippen LogP contribution in [-0.2, 0) is 6.42 Å². The summed E-state index contributed by atoms with van der Waals surface area (Å²) >= 11 is 6.35. The van der Waals surface area contributed by atoms with Crippen molar-refractivity contribution in [1.29, 1.82) is 0 Å². The van der Waals surface area contributed by atoms with Crippen LogP contribution in [0.1, 0.15) is 22.8 Å². The molecule has 4 aromatic rings. The minimum Gasteiger partial charge on any atom is -0.496 e. The third-order valence-corrected chi connectivity index (χ3v) is 5.31. The Morgan fingerprint density at radius 2 is 1.81 bits per heavy atom. The maximum absolute atomic E-state index is 13.0. The fourth-order valence-corrected chi connectivity index (χ4v) is 3.50. The number of ether oxygens (including phenoxy) is 2. The van der Waals surface area contributed by atoms with Gasteiger partial charge in [-0.3, -0.25) is 4.79 Å². The van der Waals surface area contributed by atoms with E-state index >= 15 is 0 Å². The number of fused-ring (bicyclic) bond motifs is 1. The number of carbonyl (C=O) groups is 1. The predicted molar refractivity (Wildman–Crippen MR) is 121 cm³/mol. The summed E-state index contributed by atoms with van der Waals surface area (Å²) in [5.74, 6) is 0.841. The number of benzene rings is 3. The van der Waals surface area contributed by atoms with E-state index in [0.29, 0.717) is 39.2 Å². The minimum absolute atomic E-state index is 0.280. The van der Waals surface area contributed by atoms with E-state index in [2.05, 4.69) is 17.2 Å². The molecule has 1 aromatic heterocycles. The molecular weight excluding hydrogens is 416 g/mol. The lowest BCUT2D eigenvalue weighted by Crippen LogP contribution is -2.15. The molecule has 0 aliphatic heterocycles. The first kappa shape index (κ1) is 20.8. The Morgan fingerprint density at radius 3 is 2.48 bits per heavy atom. The summed E-state index contributed by atoms with van der Waals surface area (Å²) in [4.78, 5) is 17.6. The third kappa shape index (κ3) is 4.07. The maximum atomic E-state index is 13.0. The normalized spacial score (nSPS) is 10.8. The van der Waals surface area contributed by atoms with Crippen LogP contribution < -0.4 is 14.8 Å². The Hall–Kier alpha value is -3.51. The molecule has 31 heavy (non-hydrogen) atoms. The number of rotatable bonds is 6. The number of hydrogen-bond donors (Lipinski definition) is 1. The lowest BCUT2D eigenvalue weighted by molar-refractivity contribution is 0.102. The van der Waals surface area contributed by atoms with E-state index in [4.69, 9.17) is 25.5 Å². The fourth-order valence-electron chi connectivity index (χ4n) is 3.33. The predicted octanol–water partition coefficient (Wildman–Crippen LogP) is 5.98. The molecule has 0 aliphatic carbocycles. The Bertz CT molecular complexity index is 1240. The van der Waals surface area contributed by atoms with E-state index in [0.717, 1.165) is 11.9 Å². The molecule has 0 saturated heterocycles. The van der Waals surface area contributed by atoms with E-state index < -0.39 is 5.91 Å². The van der Waals surface area contributed by atoms with Gasteiger partial charge in [0.25, 0.3) is 5.91 Å². The Kier molecular flexibility index (Phi) is 5.82. The first-order chi connectivity index (χ1) is 15.0. The van der Waals surface area contributed by atoms with Gasteiger partial charge in [0, 0.05) is 5.56 Å². The molecule has 0 atom stereocenters. The summed E-state index contributed by atoms with van der Waals surface area (Å²) in [6.45, 7) is 2.09. The van der Waals surface area contributed by atoms with Gasteiger partial charge in [0.1, 0.15) is 22.6 Å². The van der Waals surface area contributed by atoms with E-state index in [9.17, 15) is 4.79 Å². The molecule has 158 valence electrons. The van der Waals surface area contributed by atoms with Crippen molar-refractivity contribution in [3.05, 3.63) is 70.7 Å². The molecule has 0 unspecified atom stereocenters. The smallest absolute Gasteiger partial charge is 0.263 e. The number of aryl methyl sites for hydroxylation is 1. The number of carbonyl (C=O) groups excluding carboxylic acids is 1. The summed E-state index contributed by atoms with van der Waals surface area (Å²) in [6, 6.07) is 16.3. The molecule has 1 amide bonds. The van der Waals surface area contributed by atoms with Crippen molar-refractivity contribution in [3.63, 3.8) is 0 Å². The molecule has 7 heteroatoms. The minimum atomic E-state index is -0.404.